The van der Waals surface area contributed by atoms with E-state index in [4.69, 9.17) is 0 Å². The van der Waals surface area contributed by atoms with Crippen molar-refractivity contribution >= 4 is 0 Å². The lowest BCUT2D eigenvalue weighted by Gasteiger charge is -1.76. The molecule has 0 radical (unpaired) electrons. The Kier molecular flexibility index (Phi) is 5.22. The lowest BCUT2D eigenvalue weighted by atomic mass is 10.9. The smallest absolute Gasteiger partial charge is 0.0943 e. The monoisotopic (exact) mass is 182 g/mol. The van der Waals surface area contributed by atoms with Crippen LogP contribution in [0.4, 0.5) is 0 Å². The van der Waals surface area contributed by atoms with Crippen molar-refractivity contribution in [2.45, 2.75) is 0 Å². The summed E-state index contributed by atoms with van der Waals surface area (Å²) in [5.74, 6) is 0. The van der Waals surface area contributed by atoms with Gasteiger partial charge in [-0.2, -0.15) is 0 Å². The molecule has 0 saturated carbocycles. The fourth-order valence-electron chi connectivity index (χ4n) is 0.652. The molecule has 0 spiro atoms. The van der Waals surface area contributed by atoms with Gasteiger partial charge in [-0.05, 0) is 0 Å². The molecule has 5 nitrogen and oxygen atoms in total. The molecule has 0 aliphatic carbocycles. The zero-order valence-electron chi connectivity index (χ0n) is 7.75. The molecule has 0 unspecified atom stereocenters. The van der Waals surface area contributed by atoms with Gasteiger partial charge in [-0.25, -0.2) is 9.97 Å². The maximum Gasteiger partial charge on any atom is 0.0943 e. The summed E-state index contributed by atoms with van der Waals surface area (Å²) in [5, 5.41) is 0. The van der Waals surface area contributed by atoms with Crippen LogP contribution in [0.3, 0.4) is 0 Å². The third-order valence-corrected chi connectivity index (χ3v) is 1.27. The molecule has 2 aromatic heterocycles. The number of hydrogen-bond acceptors (Lipinski definition) is 2. The molecule has 2 N–H and O–H groups in total. The van der Waals surface area contributed by atoms with Crippen LogP contribution >= 0.6 is 0 Å². The average molecular weight is 182 g/mol. The second-order valence-corrected chi connectivity index (χ2v) is 2.46. The topological polar surface area (TPSA) is 67.1 Å². The second kappa shape index (κ2) is 5.96. The third-order valence-electron chi connectivity index (χ3n) is 1.27. The first-order valence-corrected chi connectivity index (χ1v) is 3.63. The number of aromatic nitrogens is 4. The van der Waals surface area contributed by atoms with E-state index in [2.05, 4.69) is 9.97 Å². The molecule has 5 heteroatoms. The Labute approximate surface area is 77.0 Å². The minimum absolute atomic E-state index is 0. The molecule has 0 amide bonds. The van der Waals surface area contributed by atoms with Crippen LogP contribution in [0.2, 0.25) is 0 Å². The Morgan fingerprint density at radius 3 is 1.31 bits per heavy atom. The van der Waals surface area contributed by atoms with Crippen LogP contribution in [0.15, 0.2) is 37.4 Å². The summed E-state index contributed by atoms with van der Waals surface area (Å²) in [5.41, 5.74) is 0. The molecular weight excluding hydrogens is 168 g/mol. The van der Waals surface area contributed by atoms with Crippen molar-refractivity contribution in [3.8, 4) is 0 Å². The molecule has 0 aromatic carbocycles. The van der Waals surface area contributed by atoms with E-state index in [-0.39, 0.29) is 5.48 Å². The normalized spacial score (nSPS) is 8.15. The van der Waals surface area contributed by atoms with Crippen LogP contribution in [-0.2, 0) is 14.1 Å². The highest BCUT2D eigenvalue weighted by atomic mass is 16.0. The number of aryl methyl sites for hydroxylation is 2. The fraction of sp³-hybridized carbons (Fsp3) is 0.250. The molecule has 0 saturated heterocycles. The van der Waals surface area contributed by atoms with E-state index >= 15 is 0 Å². The SMILES string of the molecule is Cn1ccnc1.Cn1ccnc1.O. The maximum absolute atomic E-state index is 3.78. The van der Waals surface area contributed by atoms with Crippen molar-refractivity contribution in [3.05, 3.63) is 37.4 Å². The second-order valence-electron chi connectivity index (χ2n) is 2.46. The molecule has 0 bridgehead atoms. The molecule has 13 heavy (non-hydrogen) atoms. The minimum atomic E-state index is 0. The zero-order valence-corrected chi connectivity index (χ0v) is 7.75. The Morgan fingerprint density at radius 2 is 1.23 bits per heavy atom. The van der Waals surface area contributed by atoms with E-state index in [0.29, 0.717) is 0 Å². The summed E-state index contributed by atoms with van der Waals surface area (Å²) >= 11 is 0. The lowest BCUT2D eigenvalue weighted by molar-refractivity contribution is 0.824. The molecule has 0 atom stereocenters. The van der Waals surface area contributed by atoms with Crippen molar-refractivity contribution in [2.75, 3.05) is 0 Å². The molecule has 2 aromatic rings. The van der Waals surface area contributed by atoms with Crippen molar-refractivity contribution in [1.82, 2.24) is 19.1 Å². The number of nitrogens with zero attached hydrogens (tertiary/aromatic N) is 4. The Hall–Kier alpha value is -1.62. The van der Waals surface area contributed by atoms with Gasteiger partial charge in [0, 0.05) is 38.9 Å². The molecule has 2 heterocycles. The average Bonchev–Trinajstić information content (AvgIpc) is 2.63. The van der Waals surface area contributed by atoms with E-state index in [1.165, 1.54) is 0 Å². The van der Waals surface area contributed by atoms with Crippen molar-refractivity contribution in [1.29, 1.82) is 0 Å². The van der Waals surface area contributed by atoms with Gasteiger partial charge in [-0.1, -0.05) is 0 Å². The van der Waals surface area contributed by atoms with E-state index < -0.39 is 0 Å². The standard InChI is InChI=1S/2C4H6N2.H2O/c2*1-6-3-2-5-4-6;/h2*2-4H,1H3;1H2. The van der Waals surface area contributed by atoms with Gasteiger partial charge in [0.25, 0.3) is 0 Å². The minimum Gasteiger partial charge on any atom is -0.412 e. The highest BCUT2D eigenvalue weighted by Crippen LogP contribution is 1.74. The first-order valence-electron chi connectivity index (χ1n) is 3.63. The molecule has 0 aliphatic rings. The van der Waals surface area contributed by atoms with Gasteiger partial charge in [-0.15, -0.1) is 0 Å². The van der Waals surface area contributed by atoms with Gasteiger partial charge in [0.1, 0.15) is 0 Å². The fourth-order valence-corrected chi connectivity index (χ4v) is 0.652. The van der Waals surface area contributed by atoms with Crippen molar-refractivity contribution < 1.29 is 5.48 Å². The third kappa shape index (κ3) is 4.76. The molecule has 0 aliphatic heterocycles. The summed E-state index contributed by atoms with van der Waals surface area (Å²) < 4.78 is 3.78. The first-order chi connectivity index (χ1) is 5.79. The van der Waals surface area contributed by atoms with Crippen LogP contribution in [0.25, 0.3) is 0 Å². The highest BCUT2D eigenvalue weighted by molar-refractivity contribution is 4.70. The van der Waals surface area contributed by atoms with Gasteiger partial charge < -0.3 is 14.6 Å². The van der Waals surface area contributed by atoms with Crippen molar-refractivity contribution in [2.24, 2.45) is 14.1 Å². The summed E-state index contributed by atoms with van der Waals surface area (Å²) in [6, 6.07) is 0. The van der Waals surface area contributed by atoms with Crippen molar-refractivity contribution in [3.63, 3.8) is 0 Å². The summed E-state index contributed by atoms with van der Waals surface area (Å²) in [6.45, 7) is 0. The van der Waals surface area contributed by atoms with Gasteiger partial charge >= 0.3 is 0 Å². The Bertz CT molecular complexity index is 256. The molecule has 2 rings (SSSR count). The highest BCUT2D eigenvalue weighted by Gasteiger charge is 1.69. The van der Waals surface area contributed by atoms with Gasteiger partial charge in [-0.3, -0.25) is 0 Å². The van der Waals surface area contributed by atoms with E-state index in [1.807, 2.05) is 35.6 Å². The zero-order chi connectivity index (χ0) is 8.81. The molecule has 72 valence electrons. The van der Waals surface area contributed by atoms with E-state index in [9.17, 15) is 0 Å². The van der Waals surface area contributed by atoms with Crippen LogP contribution < -0.4 is 0 Å². The number of hydrogen-bond donors (Lipinski definition) is 0. The van der Waals surface area contributed by atoms with E-state index in [1.54, 1.807) is 25.0 Å². The van der Waals surface area contributed by atoms with Gasteiger partial charge in [0.05, 0.1) is 12.7 Å². The van der Waals surface area contributed by atoms with Crippen LogP contribution in [-0.4, -0.2) is 24.6 Å². The maximum atomic E-state index is 3.78. The quantitative estimate of drug-likeness (QED) is 0.576. The molecular formula is C8H14N4O. The molecule has 0 fully saturated rings. The van der Waals surface area contributed by atoms with Crippen LogP contribution in [0.1, 0.15) is 0 Å². The Balaban J connectivity index is 0.000000206. The number of rotatable bonds is 0. The lowest BCUT2D eigenvalue weighted by Crippen LogP contribution is -1.76. The first kappa shape index (κ1) is 11.4. The predicted octanol–water partition coefficient (Wildman–Crippen LogP) is 0.0155. The summed E-state index contributed by atoms with van der Waals surface area (Å²) in [4.78, 5) is 7.57. The largest absolute Gasteiger partial charge is 0.412 e. The number of imidazole rings is 2. The van der Waals surface area contributed by atoms with Crippen LogP contribution in [0.5, 0.6) is 0 Å². The van der Waals surface area contributed by atoms with E-state index in [0.717, 1.165) is 0 Å². The van der Waals surface area contributed by atoms with Gasteiger partial charge in [0.2, 0.25) is 0 Å². The van der Waals surface area contributed by atoms with Crippen LogP contribution in [0, 0.1) is 0 Å². The Morgan fingerprint density at radius 1 is 0.846 bits per heavy atom. The summed E-state index contributed by atoms with van der Waals surface area (Å²) in [7, 11) is 3.88. The summed E-state index contributed by atoms with van der Waals surface area (Å²) in [6.07, 6.45) is 10.8. The predicted molar refractivity (Wildman–Crippen MR) is 50.0 cm³/mol. The van der Waals surface area contributed by atoms with Gasteiger partial charge in [0.15, 0.2) is 0 Å².